The van der Waals surface area contributed by atoms with E-state index in [4.69, 9.17) is 9.47 Å². The van der Waals surface area contributed by atoms with Crippen molar-refractivity contribution in [2.45, 2.75) is 20.0 Å². The molecule has 0 aromatic heterocycles. The molecule has 1 atom stereocenters. The van der Waals surface area contributed by atoms with Gasteiger partial charge in [-0.1, -0.05) is 30.3 Å². The first kappa shape index (κ1) is 19.7. The van der Waals surface area contributed by atoms with E-state index in [0.29, 0.717) is 18.8 Å². The number of hydrogen-bond donors (Lipinski definition) is 0. The van der Waals surface area contributed by atoms with Gasteiger partial charge in [-0.2, -0.15) is 0 Å². The van der Waals surface area contributed by atoms with Crippen LogP contribution < -0.4 is 9.64 Å². The maximum Gasteiger partial charge on any atom is 0.347 e. The number of carbonyl (C=O) groups excluding carboxylic acids is 2. The molecule has 1 aliphatic heterocycles. The molecule has 1 saturated heterocycles. The lowest BCUT2D eigenvalue weighted by molar-refractivity contribution is -0.157. The van der Waals surface area contributed by atoms with Crippen molar-refractivity contribution in [3.05, 3.63) is 60.2 Å². The summed E-state index contributed by atoms with van der Waals surface area (Å²) in [6, 6.07) is 17.6. The molecule has 1 heterocycles. The Morgan fingerprint density at radius 2 is 1.71 bits per heavy atom. The fourth-order valence-corrected chi connectivity index (χ4v) is 3.14. The average Bonchev–Trinajstić information content (AvgIpc) is 2.72. The third-order valence-corrected chi connectivity index (χ3v) is 4.73. The highest BCUT2D eigenvalue weighted by Crippen LogP contribution is 2.16. The van der Waals surface area contributed by atoms with Crippen molar-refractivity contribution in [1.82, 2.24) is 4.90 Å². The standard InChI is InChI=1S/C22H26N2O4/c1-17-7-6-10-20(15-17)28-18(2)22(26)27-16-21(25)24-13-11-23(12-14-24)19-8-4-3-5-9-19/h3-10,15,18H,11-14,16H2,1-2H3/t18-/m0/s1. The van der Waals surface area contributed by atoms with Gasteiger partial charge in [0.1, 0.15) is 5.75 Å². The molecule has 0 spiro atoms. The molecule has 3 rings (SSSR count). The van der Waals surface area contributed by atoms with Crippen LogP contribution in [0.3, 0.4) is 0 Å². The smallest absolute Gasteiger partial charge is 0.347 e. The van der Waals surface area contributed by atoms with Crippen LogP contribution in [0.15, 0.2) is 54.6 Å². The summed E-state index contributed by atoms with van der Waals surface area (Å²) >= 11 is 0. The Hall–Kier alpha value is -3.02. The molecule has 0 saturated carbocycles. The minimum Gasteiger partial charge on any atom is -0.479 e. The molecule has 2 aromatic carbocycles. The van der Waals surface area contributed by atoms with Crippen LogP contribution in [0, 0.1) is 6.92 Å². The molecular formula is C22H26N2O4. The van der Waals surface area contributed by atoms with Crippen LogP contribution >= 0.6 is 0 Å². The Morgan fingerprint density at radius 1 is 1.00 bits per heavy atom. The van der Waals surface area contributed by atoms with Crippen LogP contribution in [0.25, 0.3) is 0 Å². The lowest BCUT2D eigenvalue weighted by Gasteiger charge is -2.36. The highest BCUT2D eigenvalue weighted by molar-refractivity contribution is 5.82. The number of anilines is 1. The van der Waals surface area contributed by atoms with Gasteiger partial charge in [0.05, 0.1) is 0 Å². The minimum atomic E-state index is -0.774. The average molecular weight is 382 g/mol. The van der Waals surface area contributed by atoms with Gasteiger partial charge in [0.25, 0.3) is 5.91 Å². The van der Waals surface area contributed by atoms with Gasteiger partial charge < -0.3 is 19.3 Å². The summed E-state index contributed by atoms with van der Waals surface area (Å²) in [5.74, 6) is -0.116. The van der Waals surface area contributed by atoms with Crippen molar-refractivity contribution >= 4 is 17.6 Å². The summed E-state index contributed by atoms with van der Waals surface area (Å²) in [5, 5.41) is 0. The molecule has 2 aromatic rings. The summed E-state index contributed by atoms with van der Waals surface area (Å²) in [5.41, 5.74) is 2.20. The maximum atomic E-state index is 12.4. The van der Waals surface area contributed by atoms with Crippen molar-refractivity contribution in [1.29, 1.82) is 0 Å². The molecule has 0 radical (unpaired) electrons. The summed E-state index contributed by atoms with van der Waals surface area (Å²) < 4.78 is 10.8. The summed E-state index contributed by atoms with van der Waals surface area (Å²) in [4.78, 5) is 28.5. The summed E-state index contributed by atoms with van der Waals surface area (Å²) in [6.45, 7) is 6.06. The summed E-state index contributed by atoms with van der Waals surface area (Å²) in [7, 11) is 0. The zero-order valence-electron chi connectivity index (χ0n) is 16.3. The quantitative estimate of drug-likeness (QED) is 0.719. The normalized spacial score (nSPS) is 15.1. The predicted molar refractivity (Wildman–Crippen MR) is 107 cm³/mol. The lowest BCUT2D eigenvalue weighted by Crippen LogP contribution is -2.50. The number of para-hydroxylation sites is 1. The second-order valence-corrected chi connectivity index (χ2v) is 6.89. The van der Waals surface area contributed by atoms with Gasteiger partial charge in [-0.15, -0.1) is 0 Å². The van der Waals surface area contributed by atoms with Gasteiger partial charge in [0.2, 0.25) is 0 Å². The monoisotopic (exact) mass is 382 g/mol. The van der Waals surface area contributed by atoms with E-state index in [1.165, 1.54) is 0 Å². The molecule has 0 aliphatic carbocycles. The number of ether oxygens (including phenoxy) is 2. The largest absolute Gasteiger partial charge is 0.479 e. The number of amides is 1. The molecule has 148 valence electrons. The molecule has 0 unspecified atom stereocenters. The second kappa shape index (κ2) is 9.26. The molecule has 6 nitrogen and oxygen atoms in total. The van der Waals surface area contributed by atoms with E-state index >= 15 is 0 Å². The van der Waals surface area contributed by atoms with Crippen LogP contribution in [-0.4, -0.2) is 55.7 Å². The number of esters is 1. The second-order valence-electron chi connectivity index (χ2n) is 6.89. The van der Waals surface area contributed by atoms with Crippen LogP contribution in [0.4, 0.5) is 5.69 Å². The topological polar surface area (TPSA) is 59.1 Å². The minimum absolute atomic E-state index is 0.177. The number of nitrogens with zero attached hydrogens (tertiary/aromatic N) is 2. The third kappa shape index (κ3) is 5.25. The van der Waals surface area contributed by atoms with E-state index in [2.05, 4.69) is 17.0 Å². The van der Waals surface area contributed by atoms with Gasteiger partial charge in [-0.05, 0) is 43.7 Å². The lowest BCUT2D eigenvalue weighted by atomic mass is 10.2. The fourth-order valence-electron chi connectivity index (χ4n) is 3.14. The zero-order chi connectivity index (χ0) is 19.9. The van der Waals surface area contributed by atoms with Crippen molar-refractivity contribution in [2.75, 3.05) is 37.7 Å². The molecule has 1 aliphatic rings. The van der Waals surface area contributed by atoms with Crippen molar-refractivity contribution in [2.24, 2.45) is 0 Å². The predicted octanol–water partition coefficient (Wildman–Crippen LogP) is 2.65. The van der Waals surface area contributed by atoms with Gasteiger partial charge >= 0.3 is 5.97 Å². The van der Waals surface area contributed by atoms with Gasteiger partial charge in [-0.3, -0.25) is 4.79 Å². The maximum absolute atomic E-state index is 12.4. The SMILES string of the molecule is Cc1cccc(O[C@@H](C)C(=O)OCC(=O)N2CCN(c3ccccc3)CC2)c1. The fraction of sp³-hybridized carbons (Fsp3) is 0.364. The summed E-state index contributed by atoms with van der Waals surface area (Å²) in [6.07, 6.45) is -0.774. The molecule has 28 heavy (non-hydrogen) atoms. The molecule has 1 amide bonds. The number of carbonyl (C=O) groups is 2. The van der Waals surface area contributed by atoms with Crippen LogP contribution in [-0.2, 0) is 14.3 Å². The van der Waals surface area contributed by atoms with E-state index in [9.17, 15) is 9.59 Å². The number of benzene rings is 2. The van der Waals surface area contributed by atoms with Crippen LogP contribution in [0.1, 0.15) is 12.5 Å². The zero-order valence-corrected chi connectivity index (χ0v) is 16.3. The number of aryl methyl sites for hydroxylation is 1. The Bertz CT molecular complexity index is 801. The molecular weight excluding hydrogens is 356 g/mol. The Kier molecular flexibility index (Phi) is 6.53. The van der Waals surface area contributed by atoms with E-state index < -0.39 is 12.1 Å². The van der Waals surface area contributed by atoms with Crippen molar-refractivity contribution < 1.29 is 19.1 Å². The Balaban J connectivity index is 1.42. The first-order valence-electron chi connectivity index (χ1n) is 9.50. The van der Waals surface area contributed by atoms with Crippen molar-refractivity contribution in [3.63, 3.8) is 0 Å². The molecule has 1 fully saturated rings. The van der Waals surface area contributed by atoms with Gasteiger partial charge in [-0.25, -0.2) is 4.79 Å². The van der Waals surface area contributed by atoms with Crippen LogP contribution in [0.5, 0.6) is 5.75 Å². The Labute approximate surface area is 165 Å². The van der Waals surface area contributed by atoms with Gasteiger partial charge in [0, 0.05) is 31.9 Å². The number of hydrogen-bond acceptors (Lipinski definition) is 5. The third-order valence-electron chi connectivity index (χ3n) is 4.73. The Morgan fingerprint density at radius 3 is 2.39 bits per heavy atom. The van der Waals surface area contributed by atoms with Gasteiger partial charge in [0.15, 0.2) is 12.7 Å². The molecule has 0 N–H and O–H groups in total. The first-order chi connectivity index (χ1) is 13.5. The van der Waals surface area contributed by atoms with E-state index in [1.54, 1.807) is 17.9 Å². The van der Waals surface area contributed by atoms with Crippen LogP contribution in [0.2, 0.25) is 0 Å². The highest BCUT2D eigenvalue weighted by atomic mass is 16.6. The van der Waals surface area contributed by atoms with E-state index in [-0.39, 0.29) is 12.5 Å². The number of rotatable bonds is 6. The highest BCUT2D eigenvalue weighted by Gasteiger charge is 2.23. The van der Waals surface area contributed by atoms with E-state index in [0.717, 1.165) is 24.3 Å². The first-order valence-corrected chi connectivity index (χ1v) is 9.50. The number of piperazine rings is 1. The molecule has 6 heteroatoms. The van der Waals surface area contributed by atoms with Crippen molar-refractivity contribution in [3.8, 4) is 5.75 Å². The molecule has 0 bridgehead atoms. The van der Waals surface area contributed by atoms with E-state index in [1.807, 2.05) is 43.3 Å².